The molecule has 0 atom stereocenters. The largest absolute Gasteiger partial charge is 0.506 e. The summed E-state index contributed by atoms with van der Waals surface area (Å²) in [6, 6.07) is 3.43. The summed E-state index contributed by atoms with van der Waals surface area (Å²) in [4.78, 5) is 17.9. The monoisotopic (exact) mass is 362 g/mol. The van der Waals surface area contributed by atoms with E-state index >= 15 is 0 Å². The number of carbonyl (C=O) groups is 1. The number of Topliss-reactive ketones (excluding diaryl/α,β-unsaturated/α-hetero) is 1. The maximum absolute atomic E-state index is 11.3. The van der Waals surface area contributed by atoms with E-state index in [1.165, 1.54) is 0 Å². The van der Waals surface area contributed by atoms with Crippen LogP contribution < -0.4 is 4.90 Å². The summed E-state index contributed by atoms with van der Waals surface area (Å²) >= 11 is 3.41. The number of aromatic nitrogens is 1. The molecule has 1 aliphatic heterocycles. The third kappa shape index (κ3) is 4.56. The Morgan fingerprint density at radius 1 is 1.36 bits per heavy atom. The van der Waals surface area contributed by atoms with Crippen molar-refractivity contribution < 1.29 is 9.90 Å². The Labute approximate surface area is 139 Å². The molecule has 1 aromatic rings. The summed E-state index contributed by atoms with van der Waals surface area (Å²) in [5.74, 6) is 1.24. The van der Waals surface area contributed by atoms with Crippen molar-refractivity contribution in [2.75, 3.05) is 18.0 Å². The van der Waals surface area contributed by atoms with Crippen LogP contribution in [0.3, 0.4) is 0 Å². The number of ketones is 1. The van der Waals surface area contributed by atoms with Crippen LogP contribution in [0.2, 0.25) is 0 Å². The summed E-state index contributed by atoms with van der Waals surface area (Å²) in [5, 5.41) is 9.91. The fourth-order valence-electron chi connectivity index (χ4n) is 2.19. The molecule has 0 saturated carbocycles. The molecule has 1 saturated heterocycles. The SMILES string of the molecule is C\C=C/C(Br)=C\C=C\c1nc(N2CCC(=O)CC2)ccc1O. The molecule has 116 valence electrons. The molecular formula is C17H19BrN2O2. The molecule has 5 heteroatoms. The molecule has 0 unspecified atom stereocenters. The van der Waals surface area contributed by atoms with Gasteiger partial charge in [-0.25, -0.2) is 4.98 Å². The average Bonchev–Trinajstić information content (AvgIpc) is 2.50. The lowest BCUT2D eigenvalue weighted by molar-refractivity contribution is -0.119. The van der Waals surface area contributed by atoms with Gasteiger partial charge in [0.15, 0.2) is 0 Å². The van der Waals surface area contributed by atoms with E-state index in [9.17, 15) is 9.90 Å². The first-order valence-electron chi connectivity index (χ1n) is 7.23. The Morgan fingerprint density at radius 2 is 2.09 bits per heavy atom. The summed E-state index contributed by atoms with van der Waals surface area (Å²) in [7, 11) is 0. The Morgan fingerprint density at radius 3 is 2.77 bits per heavy atom. The van der Waals surface area contributed by atoms with Crippen molar-refractivity contribution >= 4 is 33.6 Å². The van der Waals surface area contributed by atoms with Crippen molar-refractivity contribution in [3.63, 3.8) is 0 Å². The van der Waals surface area contributed by atoms with Crippen LogP contribution >= 0.6 is 15.9 Å². The summed E-state index contributed by atoms with van der Waals surface area (Å²) in [6.45, 7) is 3.32. The first-order valence-corrected chi connectivity index (χ1v) is 8.02. The highest BCUT2D eigenvalue weighted by Gasteiger charge is 2.17. The van der Waals surface area contributed by atoms with Gasteiger partial charge in [0, 0.05) is 30.4 Å². The molecule has 0 radical (unpaired) electrons. The van der Waals surface area contributed by atoms with Gasteiger partial charge in [-0.2, -0.15) is 0 Å². The number of piperidine rings is 1. The number of nitrogens with zero attached hydrogens (tertiary/aromatic N) is 2. The van der Waals surface area contributed by atoms with Crippen molar-refractivity contribution in [2.45, 2.75) is 19.8 Å². The third-order valence-electron chi connectivity index (χ3n) is 3.37. The van der Waals surface area contributed by atoms with Crippen LogP contribution in [-0.4, -0.2) is 29.0 Å². The standard InChI is InChI=1S/C17H19BrN2O2/c1-2-4-13(18)5-3-6-15-16(22)7-8-17(19-15)20-11-9-14(21)10-12-20/h2-8,22H,9-12H2,1H3/b4-2-,6-3+,13-5+. The normalized spacial score (nSPS) is 16.9. The molecule has 2 rings (SSSR count). The van der Waals surface area contributed by atoms with Gasteiger partial charge in [0.2, 0.25) is 0 Å². The van der Waals surface area contributed by atoms with E-state index in [0.29, 0.717) is 37.4 Å². The third-order valence-corrected chi connectivity index (χ3v) is 3.90. The number of rotatable bonds is 4. The van der Waals surface area contributed by atoms with E-state index in [1.807, 2.05) is 31.2 Å². The first kappa shape index (κ1) is 16.5. The summed E-state index contributed by atoms with van der Waals surface area (Å²) in [6.07, 6.45) is 10.5. The van der Waals surface area contributed by atoms with Crippen molar-refractivity contribution in [1.82, 2.24) is 4.98 Å². The second-order valence-corrected chi connectivity index (χ2v) is 5.93. The topological polar surface area (TPSA) is 53.4 Å². The Kier molecular flexibility index (Phi) is 5.95. The Bertz CT molecular complexity index is 626. The minimum absolute atomic E-state index is 0.142. The minimum Gasteiger partial charge on any atom is -0.506 e. The van der Waals surface area contributed by atoms with Crippen LogP contribution in [0.4, 0.5) is 5.82 Å². The molecule has 0 aromatic carbocycles. The van der Waals surface area contributed by atoms with Gasteiger partial charge >= 0.3 is 0 Å². The second kappa shape index (κ2) is 7.94. The van der Waals surface area contributed by atoms with Crippen molar-refractivity contribution in [1.29, 1.82) is 0 Å². The fourth-order valence-corrected chi connectivity index (χ4v) is 2.60. The molecule has 1 fully saturated rings. The van der Waals surface area contributed by atoms with Crippen molar-refractivity contribution in [2.24, 2.45) is 0 Å². The number of aromatic hydroxyl groups is 1. The second-order valence-electron chi connectivity index (χ2n) is 5.01. The van der Waals surface area contributed by atoms with E-state index in [1.54, 1.807) is 18.2 Å². The van der Waals surface area contributed by atoms with Crippen LogP contribution in [0.15, 0.2) is 40.9 Å². The fraction of sp³-hybridized carbons (Fsp3) is 0.294. The zero-order valence-electron chi connectivity index (χ0n) is 12.5. The van der Waals surface area contributed by atoms with Gasteiger partial charge in [-0.05, 0) is 31.2 Å². The van der Waals surface area contributed by atoms with E-state index < -0.39 is 0 Å². The average molecular weight is 363 g/mol. The number of pyridine rings is 1. The first-order chi connectivity index (χ1) is 10.6. The lowest BCUT2D eigenvalue weighted by atomic mass is 10.1. The molecule has 2 heterocycles. The van der Waals surface area contributed by atoms with E-state index in [2.05, 4.69) is 25.8 Å². The number of hydrogen-bond donors (Lipinski definition) is 1. The molecule has 22 heavy (non-hydrogen) atoms. The predicted octanol–water partition coefficient (Wildman–Crippen LogP) is 3.82. The molecule has 0 spiro atoms. The van der Waals surface area contributed by atoms with Gasteiger partial charge in [0.25, 0.3) is 0 Å². The number of anilines is 1. The maximum Gasteiger partial charge on any atom is 0.141 e. The van der Waals surface area contributed by atoms with Gasteiger partial charge in [-0.15, -0.1) is 0 Å². The molecule has 1 N–H and O–H groups in total. The van der Waals surface area contributed by atoms with Crippen LogP contribution in [0, 0.1) is 0 Å². The van der Waals surface area contributed by atoms with E-state index in [-0.39, 0.29) is 5.75 Å². The smallest absolute Gasteiger partial charge is 0.141 e. The zero-order chi connectivity index (χ0) is 15.9. The van der Waals surface area contributed by atoms with Gasteiger partial charge < -0.3 is 10.0 Å². The van der Waals surface area contributed by atoms with Gasteiger partial charge in [0.1, 0.15) is 23.0 Å². The van der Waals surface area contributed by atoms with Crippen LogP contribution in [-0.2, 0) is 4.79 Å². The van der Waals surface area contributed by atoms with Crippen LogP contribution in [0.1, 0.15) is 25.5 Å². The molecular weight excluding hydrogens is 344 g/mol. The number of hydrogen-bond acceptors (Lipinski definition) is 4. The Hall–Kier alpha value is -1.88. The quantitative estimate of drug-likeness (QED) is 0.827. The van der Waals surface area contributed by atoms with Crippen LogP contribution in [0.5, 0.6) is 5.75 Å². The molecule has 0 amide bonds. The number of carbonyl (C=O) groups excluding carboxylic acids is 1. The highest BCUT2D eigenvalue weighted by molar-refractivity contribution is 9.11. The lowest BCUT2D eigenvalue weighted by Gasteiger charge is -2.27. The van der Waals surface area contributed by atoms with Crippen LogP contribution in [0.25, 0.3) is 6.08 Å². The van der Waals surface area contributed by atoms with E-state index in [4.69, 9.17) is 0 Å². The highest BCUT2D eigenvalue weighted by Crippen LogP contribution is 2.23. The summed E-state index contributed by atoms with van der Waals surface area (Å²) in [5.41, 5.74) is 0.520. The van der Waals surface area contributed by atoms with Crippen molar-refractivity contribution in [3.8, 4) is 5.75 Å². The molecule has 1 aromatic heterocycles. The molecule has 0 aliphatic carbocycles. The number of allylic oxidation sites excluding steroid dienone is 5. The lowest BCUT2D eigenvalue weighted by Crippen LogP contribution is -2.34. The van der Waals surface area contributed by atoms with Gasteiger partial charge in [-0.1, -0.05) is 34.2 Å². The van der Waals surface area contributed by atoms with E-state index in [0.717, 1.165) is 10.3 Å². The Balaban J connectivity index is 2.15. The van der Waals surface area contributed by atoms with Gasteiger partial charge in [-0.3, -0.25) is 4.79 Å². The molecule has 4 nitrogen and oxygen atoms in total. The maximum atomic E-state index is 11.3. The molecule has 1 aliphatic rings. The van der Waals surface area contributed by atoms with Gasteiger partial charge in [0.05, 0.1) is 0 Å². The predicted molar refractivity (Wildman–Crippen MR) is 93.2 cm³/mol. The van der Waals surface area contributed by atoms with Crippen molar-refractivity contribution in [3.05, 3.63) is 46.6 Å². The summed E-state index contributed by atoms with van der Waals surface area (Å²) < 4.78 is 0.941. The number of halogens is 1. The highest BCUT2D eigenvalue weighted by atomic mass is 79.9. The zero-order valence-corrected chi connectivity index (χ0v) is 14.1. The molecule has 0 bridgehead atoms. The minimum atomic E-state index is 0.142.